The first-order valence-electron chi connectivity index (χ1n) is 5.31. The average Bonchev–Trinajstić information content (AvgIpc) is 2.38. The van der Waals surface area contributed by atoms with Crippen molar-refractivity contribution in [1.82, 2.24) is 0 Å². The molecule has 0 bridgehead atoms. The molecule has 0 saturated heterocycles. The first-order valence-corrected chi connectivity index (χ1v) is 6.48. The van der Waals surface area contributed by atoms with Crippen LogP contribution >= 0.6 is 27.5 Å². The van der Waals surface area contributed by atoms with Crippen LogP contribution in [0.1, 0.15) is 15.9 Å². The third-order valence-corrected chi connectivity index (χ3v) is 3.23. The summed E-state index contributed by atoms with van der Waals surface area (Å²) in [6, 6.07) is 12.7. The Morgan fingerprint density at radius 2 is 2.06 bits per heavy atom. The highest BCUT2D eigenvalue weighted by Gasteiger charge is 2.02. The minimum atomic E-state index is 0.405. The van der Waals surface area contributed by atoms with Crippen LogP contribution in [0.5, 0.6) is 5.75 Å². The van der Waals surface area contributed by atoms with Gasteiger partial charge in [-0.1, -0.05) is 29.8 Å². The lowest BCUT2D eigenvalue weighted by Crippen LogP contribution is -1.96. The van der Waals surface area contributed by atoms with Crippen LogP contribution in [-0.2, 0) is 6.61 Å². The predicted molar refractivity (Wildman–Crippen MR) is 75.3 cm³/mol. The van der Waals surface area contributed by atoms with E-state index in [9.17, 15) is 4.79 Å². The van der Waals surface area contributed by atoms with Crippen molar-refractivity contribution in [3.8, 4) is 5.75 Å². The molecule has 0 spiro atoms. The number of halogens is 2. The van der Waals surface area contributed by atoms with Crippen molar-refractivity contribution in [3.05, 3.63) is 63.1 Å². The van der Waals surface area contributed by atoms with Gasteiger partial charge >= 0.3 is 0 Å². The second-order valence-electron chi connectivity index (χ2n) is 3.73. The molecule has 0 aliphatic rings. The number of ether oxygens (including phenoxy) is 1. The summed E-state index contributed by atoms with van der Waals surface area (Å²) in [5.41, 5.74) is 1.59. The first kappa shape index (κ1) is 13.1. The van der Waals surface area contributed by atoms with Crippen molar-refractivity contribution in [2.45, 2.75) is 6.61 Å². The molecule has 2 aromatic rings. The van der Waals surface area contributed by atoms with Crippen LogP contribution in [0.15, 0.2) is 46.9 Å². The summed E-state index contributed by atoms with van der Waals surface area (Å²) < 4.78 is 6.46. The van der Waals surface area contributed by atoms with Crippen LogP contribution in [0, 0.1) is 0 Å². The molecule has 0 aliphatic heterocycles. The van der Waals surface area contributed by atoms with Crippen LogP contribution in [0.3, 0.4) is 0 Å². The predicted octanol–water partition coefficient (Wildman–Crippen LogP) is 4.49. The van der Waals surface area contributed by atoms with Crippen LogP contribution in [0.25, 0.3) is 0 Å². The van der Waals surface area contributed by atoms with Gasteiger partial charge in [-0.3, -0.25) is 4.79 Å². The minimum Gasteiger partial charge on any atom is -0.488 e. The summed E-state index contributed by atoms with van der Waals surface area (Å²) in [6.45, 7) is 0.405. The molecule has 2 nitrogen and oxygen atoms in total. The van der Waals surface area contributed by atoms with E-state index in [-0.39, 0.29) is 0 Å². The zero-order valence-electron chi connectivity index (χ0n) is 9.40. The van der Waals surface area contributed by atoms with Gasteiger partial charge in [-0.05, 0) is 45.8 Å². The standard InChI is InChI=1S/C14H10BrClO2/c15-13-7-12(16)4-5-14(13)18-9-11-3-1-2-10(6-11)8-17/h1-8H,9H2. The van der Waals surface area contributed by atoms with Gasteiger partial charge in [-0.2, -0.15) is 0 Å². The lowest BCUT2D eigenvalue weighted by Gasteiger charge is -2.08. The van der Waals surface area contributed by atoms with Gasteiger partial charge in [0.15, 0.2) is 0 Å². The smallest absolute Gasteiger partial charge is 0.150 e. The highest BCUT2D eigenvalue weighted by molar-refractivity contribution is 9.10. The largest absolute Gasteiger partial charge is 0.488 e. The monoisotopic (exact) mass is 324 g/mol. The van der Waals surface area contributed by atoms with Crippen molar-refractivity contribution in [1.29, 1.82) is 0 Å². The first-order chi connectivity index (χ1) is 8.69. The number of rotatable bonds is 4. The van der Waals surface area contributed by atoms with Gasteiger partial charge in [-0.25, -0.2) is 0 Å². The van der Waals surface area contributed by atoms with Gasteiger partial charge < -0.3 is 4.74 Å². The Hall–Kier alpha value is -1.32. The lowest BCUT2D eigenvalue weighted by atomic mass is 10.1. The van der Waals surface area contributed by atoms with E-state index in [1.54, 1.807) is 30.3 Å². The third kappa shape index (κ3) is 3.34. The molecule has 0 heterocycles. The summed E-state index contributed by atoms with van der Waals surface area (Å²) in [6.07, 6.45) is 0.821. The molecule has 0 amide bonds. The summed E-state index contributed by atoms with van der Waals surface area (Å²) in [5.74, 6) is 0.718. The van der Waals surface area contributed by atoms with E-state index >= 15 is 0 Å². The molecular weight excluding hydrogens is 316 g/mol. The van der Waals surface area contributed by atoms with Crippen molar-refractivity contribution in [2.75, 3.05) is 0 Å². The summed E-state index contributed by atoms with van der Waals surface area (Å²) >= 11 is 9.23. The summed E-state index contributed by atoms with van der Waals surface area (Å²) in [4.78, 5) is 10.7. The SMILES string of the molecule is O=Cc1cccc(COc2ccc(Cl)cc2Br)c1. The van der Waals surface area contributed by atoms with Crippen molar-refractivity contribution < 1.29 is 9.53 Å². The zero-order chi connectivity index (χ0) is 13.0. The van der Waals surface area contributed by atoms with E-state index < -0.39 is 0 Å². The molecular formula is C14H10BrClO2. The van der Waals surface area contributed by atoms with Crippen LogP contribution in [0.4, 0.5) is 0 Å². The molecule has 0 saturated carbocycles. The molecule has 92 valence electrons. The molecule has 0 fully saturated rings. The topological polar surface area (TPSA) is 26.3 Å². The molecule has 0 radical (unpaired) electrons. The molecule has 0 aromatic heterocycles. The van der Waals surface area contributed by atoms with Gasteiger partial charge in [0.25, 0.3) is 0 Å². The van der Waals surface area contributed by atoms with Gasteiger partial charge in [0.05, 0.1) is 4.47 Å². The fourth-order valence-corrected chi connectivity index (χ4v) is 2.31. The van der Waals surface area contributed by atoms with Crippen LogP contribution in [-0.4, -0.2) is 6.29 Å². The fraction of sp³-hybridized carbons (Fsp3) is 0.0714. The van der Waals surface area contributed by atoms with Crippen LogP contribution in [0.2, 0.25) is 5.02 Å². The van der Waals surface area contributed by atoms with E-state index in [0.29, 0.717) is 17.2 Å². The fourth-order valence-electron chi connectivity index (χ4n) is 1.51. The maximum atomic E-state index is 10.7. The lowest BCUT2D eigenvalue weighted by molar-refractivity contribution is 0.112. The second kappa shape index (κ2) is 6.03. The number of hydrogen-bond acceptors (Lipinski definition) is 2. The molecule has 0 atom stereocenters. The maximum Gasteiger partial charge on any atom is 0.150 e. The van der Waals surface area contributed by atoms with E-state index in [2.05, 4.69) is 15.9 Å². The van der Waals surface area contributed by atoms with E-state index in [1.807, 2.05) is 12.1 Å². The van der Waals surface area contributed by atoms with Gasteiger partial charge in [0.2, 0.25) is 0 Å². The Bertz CT molecular complexity index is 569. The minimum absolute atomic E-state index is 0.405. The molecule has 2 aromatic carbocycles. The molecule has 0 aliphatic carbocycles. The highest BCUT2D eigenvalue weighted by atomic mass is 79.9. The quantitative estimate of drug-likeness (QED) is 0.774. The van der Waals surface area contributed by atoms with Crippen molar-refractivity contribution in [3.63, 3.8) is 0 Å². The van der Waals surface area contributed by atoms with Crippen molar-refractivity contribution in [2.24, 2.45) is 0 Å². The maximum absolute atomic E-state index is 10.7. The molecule has 4 heteroatoms. The number of benzene rings is 2. The normalized spacial score (nSPS) is 10.1. The van der Waals surface area contributed by atoms with Gasteiger partial charge in [-0.15, -0.1) is 0 Å². The van der Waals surface area contributed by atoms with Crippen molar-refractivity contribution >= 4 is 33.8 Å². The van der Waals surface area contributed by atoms with Crippen LogP contribution < -0.4 is 4.74 Å². The number of hydrogen-bond donors (Lipinski definition) is 0. The van der Waals surface area contributed by atoms with Gasteiger partial charge in [0, 0.05) is 10.6 Å². The molecule has 0 unspecified atom stereocenters. The second-order valence-corrected chi connectivity index (χ2v) is 5.02. The van der Waals surface area contributed by atoms with Gasteiger partial charge in [0.1, 0.15) is 18.6 Å². The van der Waals surface area contributed by atoms with E-state index in [0.717, 1.165) is 22.1 Å². The highest BCUT2D eigenvalue weighted by Crippen LogP contribution is 2.28. The third-order valence-electron chi connectivity index (χ3n) is 2.38. The average molecular weight is 326 g/mol. The Morgan fingerprint density at radius 3 is 2.78 bits per heavy atom. The zero-order valence-corrected chi connectivity index (χ0v) is 11.7. The Labute approximate surface area is 119 Å². The molecule has 0 N–H and O–H groups in total. The van der Waals surface area contributed by atoms with E-state index in [4.69, 9.17) is 16.3 Å². The Morgan fingerprint density at radius 1 is 1.22 bits per heavy atom. The number of aldehydes is 1. The Kier molecular flexibility index (Phi) is 4.39. The number of carbonyl (C=O) groups excluding carboxylic acids is 1. The summed E-state index contributed by atoms with van der Waals surface area (Å²) in [5, 5.41) is 0.650. The summed E-state index contributed by atoms with van der Waals surface area (Å²) in [7, 11) is 0. The van der Waals surface area contributed by atoms with E-state index in [1.165, 1.54) is 0 Å². The number of carbonyl (C=O) groups is 1. The molecule has 18 heavy (non-hydrogen) atoms. The Balaban J connectivity index is 2.08. The molecule has 2 rings (SSSR count).